The highest BCUT2D eigenvalue weighted by atomic mass is 32.2. The third-order valence-electron chi connectivity index (χ3n) is 3.75. The van der Waals surface area contributed by atoms with Gasteiger partial charge < -0.3 is 19.2 Å². The minimum Gasteiger partial charge on any atom is -0.411 e. The first-order chi connectivity index (χ1) is 12.6. The number of fused-ring (bicyclic) bond motifs is 1. The van der Waals surface area contributed by atoms with Crippen molar-refractivity contribution in [3.63, 3.8) is 0 Å². The van der Waals surface area contributed by atoms with Crippen molar-refractivity contribution >= 4 is 34.4 Å². The van der Waals surface area contributed by atoms with Crippen LogP contribution in [0, 0.1) is 6.92 Å². The largest absolute Gasteiger partial charge is 0.411 e. The number of aromatic nitrogens is 4. The van der Waals surface area contributed by atoms with Crippen LogP contribution in [0.2, 0.25) is 0 Å². The lowest BCUT2D eigenvalue weighted by Gasteiger charge is -2.06. The number of aryl methyl sites for hydroxylation is 1. The fourth-order valence-electron chi connectivity index (χ4n) is 2.47. The predicted octanol–water partition coefficient (Wildman–Crippen LogP) is 3.63. The highest BCUT2D eigenvalue weighted by molar-refractivity contribution is 8.00. The maximum Gasteiger partial charge on any atom is 0.277 e. The van der Waals surface area contributed by atoms with Gasteiger partial charge in [-0.15, -0.1) is 10.2 Å². The van der Waals surface area contributed by atoms with E-state index in [1.54, 1.807) is 19.9 Å². The Morgan fingerprint density at radius 2 is 2.15 bits per heavy atom. The third-order valence-corrected chi connectivity index (χ3v) is 4.69. The van der Waals surface area contributed by atoms with E-state index in [4.69, 9.17) is 8.94 Å². The van der Waals surface area contributed by atoms with Gasteiger partial charge in [-0.25, -0.2) is 0 Å². The number of hydrogen-bond acceptors (Lipinski definition) is 7. The summed E-state index contributed by atoms with van der Waals surface area (Å²) < 4.78 is 10.6. The standard InChI is InChI=1S/C17H15N5O3S/c1-9-7-14(22-25-9)19-15(23)10(2)26-17-21-20-16(24-17)12-8-18-13-6-4-3-5-11(12)13/h3-8,10,18H,1-2H3,(H,19,22,23)/t10-/m1/s1. The van der Waals surface area contributed by atoms with Gasteiger partial charge in [0.15, 0.2) is 5.82 Å². The van der Waals surface area contributed by atoms with Gasteiger partial charge in [0.2, 0.25) is 5.91 Å². The number of aromatic amines is 1. The Labute approximate surface area is 152 Å². The number of carbonyl (C=O) groups is 1. The predicted molar refractivity (Wildman–Crippen MR) is 96.8 cm³/mol. The average molecular weight is 369 g/mol. The number of H-pyrrole nitrogens is 1. The van der Waals surface area contributed by atoms with Crippen molar-refractivity contribution in [1.82, 2.24) is 20.3 Å². The highest BCUT2D eigenvalue weighted by Crippen LogP contribution is 2.30. The van der Waals surface area contributed by atoms with E-state index in [1.807, 2.05) is 30.5 Å². The molecule has 4 rings (SSSR count). The molecule has 0 saturated heterocycles. The Morgan fingerprint density at radius 1 is 1.31 bits per heavy atom. The van der Waals surface area contributed by atoms with Crippen LogP contribution in [0.25, 0.3) is 22.4 Å². The Kier molecular flexibility index (Phi) is 4.21. The molecule has 0 aliphatic rings. The molecule has 0 radical (unpaired) electrons. The monoisotopic (exact) mass is 369 g/mol. The van der Waals surface area contributed by atoms with E-state index in [2.05, 4.69) is 25.7 Å². The van der Waals surface area contributed by atoms with Crippen LogP contribution in [-0.2, 0) is 4.79 Å². The summed E-state index contributed by atoms with van der Waals surface area (Å²) in [6, 6.07) is 9.51. The zero-order valence-electron chi connectivity index (χ0n) is 14.0. The van der Waals surface area contributed by atoms with Crippen molar-refractivity contribution in [2.24, 2.45) is 0 Å². The normalized spacial score (nSPS) is 12.4. The molecule has 0 fully saturated rings. The van der Waals surface area contributed by atoms with Gasteiger partial charge in [-0.1, -0.05) is 35.1 Å². The van der Waals surface area contributed by atoms with Crippen LogP contribution in [0.1, 0.15) is 12.7 Å². The molecule has 3 aromatic heterocycles. The van der Waals surface area contributed by atoms with Crippen molar-refractivity contribution in [3.05, 3.63) is 42.3 Å². The van der Waals surface area contributed by atoms with E-state index in [-0.39, 0.29) is 5.91 Å². The van der Waals surface area contributed by atoms with Crippen molar-refractivity contribution < 1.29 is 13.7 Å². The van der Waals surface area contributed by atoms with Crippen molar-refractivity contribution in [2.45, 2.75) is 24.3 Å². The molecule has 8 nitrogen and oxygen atoms in total. The molecule has 0 aliphatic heterocycles. The lowest BCUT2D eigenvalue weighted by Crippen LogP contribution is -2.22. The van der Waals surface area contributed by atoms with Gasteiger partial charge in [0.25, 0.3) is 11.1 Å². The van der Waals surface area contributed by atoms with E-state index < -0.39 is 5.25 Å². The number of nitrogens with zero attached hydrogens (tertiary/aromatic N) is 3. The van der Waals surface area contributed by atoms with Crippen LogP contribution in [0.4, 0.5) is 5.82 Å². The molecule has 4 aromatic rings. The van der Waals surface area contributed by atoms with E-state index >= 15 is 0 Å². The highest BCUT2D eigenvalue weighted by Gasteiger charge is 2.20. The molecule has 26 heavy (non-hydrogen) atoms. The fourth-order valence-corrected chi connectivity index (χ4v) is 3.16. The lowest BCUT2D eigenvalue weighted by atomic mass is 10.2. The molecule has 132 valence electrons. The molecule has 0 bridgehead atoms. The smallest absolute Gasteiger partial charge is 0.277 e. The minimum absolute atomic E-state index is 0.227. The number of benzene rings is 1. The van der Waals surface area contributed by atoms with Gasteiger partial charge in [-0.2, -0.15) is 0 Å². The molecule has 0 unspecified atom stereocenters. The number of nitrogens with one attached hydrogen (secondary N) is 2. The van der Waals surface area contributed by atoms with Crippen LogP contribution >= 0.6 is 11.8 Å². The second kappa shape index (κ2) is 6.68. The Morgan fingerprint density at radius 3 is 2.96 bits per heavy atom. The first kappa shape index (κ1) is 16.4. The summed E-state index contributed by atoms with van der Waals surface area (Å²) in [6.45, 7) is 3.51. The average Bonchev–Trinajstić information content (AvgIpc) is 3.34. The van der Waals surface area contributed by atoms with Crippen LogP contribution in [0.5, 0.6) is 0 Å². The molecule has 1 aromatic carbocycles. The van der Waals surface area contributed by atoms with Crippen LogP contribution < -0.4 is 5.32 Å². The minimum atomic E-state index is -0.441. The summed E-state index contributed by atoms with van der Waals surface area (Å²) in [6.07, 6.45) is 1.83. The molecule has 9 heteroatoms. The molecule has 1 amide bonds. The topological polar surface area (TPSA) is 110 Å². The second-order valence-electron chi connectivity index (χ2n) is 5.69. The molecule has 0 aliphatic carbocycles. The Hall–Kier alpha value is -3.07. The van der Waals surface area contributed by atoms with E-state index in [0.717, 1.165) is 16.5 Å². The molecule has 2 N–H and O–H groups in total. The summed E-state index contributed by atoms with van der Waals surface area (Å²) >= 11 is 1.18. The number of anilines is 1. The number of thioether (sulfide) groups is 1. The zero-order valence-corrected chi connectivity index (χ0v) is 14.8. The lowest BCUT2D eigenvalue weighted by molar-refractivity contribution is -0.115. The summed E-state index contributed by atoms with van der Waals surface area (Å²) in [5.41, 5.74) is 1.82. The molecule has 3 heterocycles. The SMILES string of the molecule is Cc1cc(NC(=O)[C@@H](C)Sc2nnc(-c3c[nH]c4ccccc34)o2)no1. The molecular formula is C17H15N5O3S. The van der Waals surface area contributed by atoms with Crippen molar-refractivity contribution in [2.75, 3.05) is 5.32 Å². The van der Waals surface area contributed by atoms with Gasteiger partial charge in [-0.3, -0.25) is 4.79 Å². The summed E-state index contributed by atoms with van der Waals surface area (Å²) in [7, 11) is 0. The molecule has 0 spiro atoms. The van der Waals surface area contributed by atoms with E-state index in [9.17, 15) is 4.79 Å². The van der Waals surface area contributed by atoms with Crippen LogP contribution in [0.3, 0.4) is 0 Å². The maximum absolute atomic E-state index is 12.2. The van der Waals surface area contributed by atoms with Crippen LogP contribution in [0.15, 0.2) is 50.7 Å². The van der Waals surface area contributed by atoms with Gasteiger partial charge in [-0.05, 0) is 19.9 Å². The zero-order chi connectivity index (χ0) is 18.1. The molecular weight excluding hydrogens is 354 g/mol. The first-order valence-corrected chi connectivity index (χ1v) is 8.79. The maximum atomic E-state index is 12.2. The number of rotatable bonds is 5. The van der Waals surface area contributed by atoms with Crippen molar-refractivity contribution in [1.29, 1.82) is 0 Å². The van der Waals surface area contributed by atoms with E-state index in [0.29, 0.717) is 22.7 Å². The van der Waals surface area contributed by atoms with Crippen LogP contribution in [-0.4, -0.2) is 31.5 Å². The van der Waals surface area contributed by atoms with Gasteiger partial charge in [0.1, 0.15) is 5.76 Å². The second-order valence-corrected chi connectivity index (χ2v) is 6.99. The molecule has 0 saturated carbocycles. The van der Waals surface area contributed by atoms with Crippen molar-refractivity contribution in [3.8, 4) is 11.5 Å². The summed E-state index contributed by atoms with van der Waals surface area (Å²) in [5, 5.41) is 15.4. The quantitative estimate of drug-likeness (QED) is 0.517. The number of carbonyl (C=O) groups excluding carboxylic acids is 1. The van der Waals surface area contributed by atoms with Gasteiger partial charge >= 0.3 is 0 Å². The fraction of sp³-hybridized carbons (Fsp3) is 0.176. The van der Waals surface area contributed by atoms with Gasteiger partial charge in [0.05, 0.1) is 10.8 Å². The summed E-state index contributed by atoms with van der Waals surface area (Å²) in [4.78, 5) is 15.4. The molecule has 1 atom stereocenters. The first-order valence-electron chi connectivity index (χ1n) is 7.91. The number of para-hydroxylation sites is 1. The Bertz CT molecular complexity index is 1070. The number of hydrogen-bond donors (Lipinski definition) is 2. The van der Waals surface area contributed by atoms with E-state index in [1.165, 1.54) is 11.8 Å². The Balaban J connectivity index is 1.47. The van der Waals surface area contributed by atoms with Gasteiger partial charge in [0, 0.05) is 23.2 Å². The number of amides is 1. The third kappa shape index (κ3) is 3.21. The summed E-state index contributed by atoms with van der Waals surface area (Å²) in [5.74, 6) is 1.19.